The molecule has 1 unspecified atom stereocenters. The lowest BCUT2D eigenvalue weighted by Gasteiger charge is -2.17. The molecule has 0 bridgehead atoms. The van der Waals surface area contributed by atoms with E-state index in [2.05, 4.69) is 73.4 Å². The minimum absolute atomic E-state index is 0.0568. The van der Waals surface area contributed by atoms with Gasteiger partial charge in [-0.2, -0.15) is 0 Å². The lowest BCUT2D eigenvalue weighted by molar-refractivity contribution is -0.121. The monoisotopic (exact) mass is 348 g/mol. The van der Waals surface area contributed by atoms with Crippen LogP contribution in [0.25, 0.3) is 10.9 Å². The van der Waals surface area contributed by atoms with Gasteiger partial charge in [0.1, 0.15) is 0 Å². The Labute approximate surface area is 156 Å². The smallest absolute Gasteiger partial charge is 0.220 e. The van der Waals surface area contributed by atoms with Gasteiger partial charge in [0.2, 0.25) is 5.91 Å². The number of nitrogens with zero attached hydrogens (tertiary/aromatic N) is 1. The van der Waals surface area contributed by atoms with Crippen LogP contribution in [-0.2, 0) is 11.8 Å². The molecule has 3 aromatic rings. The third kappa shape index (κ3) is 4.16. The number of nitrogens with one attached hydrogen (secondary N) is 1. The maximum atomic E-state index is 12.6. The van der Waals surface area contributed by atoms with Crippen molar-refractivity contribution >= 4 is 16.8 Å². The number of para-hydroxylation sites is 1. The van der Waals surface area contributed by atoms with Crippen LogP contribution < -0.4 is 5.32 Å². The van der Waals surface area contributed by atoms with Crippen molar-refractivity contribution < 1.29 is 4.79 Å². The summed E-state index contributed by atoms with van der Waals surface area (Å²) in [6.45, 7) is 5.09. The number of aromatic nitrogens is 1. The van der Waals surface area contributed by atoms with E-state index in [4.69, 9.17) is 0 Å². The van der Waals surface area contributed by atoms with E-state index < -0.39 is 0 Å². The Morgan fingerprint density at radius 1 is 1.04 bits per heavy atom. The number of carbonyl (C=O) groups is 1. The summed E-state index contributed by atoms with van der Waals surface area (Å²) in [5, 5.41) is 4.31. The van der Waals surface area contributed by atoms with Gasteiger partial charge in [0.25, 0.3) is 0 Å². The first-order valence-electron chi connectivity index (χ1n) is 9.42. The molecule has 1 N–H and O–H groups in total. The third-order valence-corrected chi connectivity index (χ3v) is 4.94. The number of rotatable bonds is 7. The fraction of sp³-hybridized carbons (Fsp3) is 0.348. The van der Waals surface area contributed by atoms with Crippen LogP contribution in [0.4, 0.5) is 0 Å². The van der Waals surface area contributed by atoms with Crippen LogP contribution in [0.5, 0.6) is 0 Å². The van der Waals surface area contributed by atoms with Crippen molar-refractivity contribution in [2.75, 3.05) is 6.54 Å². The number of carbonyl (C=O) groups excluding carboxylic acids is 1. The largest absolute Gasteiger partial charge is 0.356 e. The second-order valence-corrected chi connectivity index (χ2v) is 7.41. The average Bonchev–Trinajstić information content (AvgIpc) is 2.97. The fourth-order valence-electron chi connectivity index (χ4n) is 3.50. The Bertz CT molecular complexity index is 864. The predicted molar refractivity (Wildman–Crippen MR) is 108 cm³/mol. The maximum Gasteiger partial charge on any atom is 0.220 e. The second-order valence-electron chi connectivity index (χ2n) is 7.41. The molecule has 0 aliphatic rings. The van der Waals surface area contributed by atoms with Crippen molar-refractivity contribution in [3.8, 4) is 0 Å². The topological polar surface area (TPSA) is 34.0 Å². The van der Waals surface area contributed by atoms with E-state index in [0.29, 0.717) is 12.3 Å². The van der Waals surface area contributed by atoms with Crippen molar-refractivity contribution in [3.05, 3.63) is 71.9 Å². The highest BCUT2D eigenvalue weighted by Gasteiger charge is 2.22. The Morgan fingerprint density at radius 2 is 1.73 bits per heavy atom. The zero-order valence-corrected chi connectivity index (χ0v) is 15.9. The molecule has 0 spiro atoms. The molecule has 0 fully saturated rings. The normalized spacial score (nSPS) is 12.5. The van der Waals surface area contributed by atoms with Gasteiger partial charge < -0.3 is 9.88 Å². The molecule has 0 radical (unpaired) electrons. The number of hydrogen-bond donors (Lipinski definition) is 1. The predicted octanol–water partition coefficient (Wildman–Crippen LogP) is 4.86. The fourth-order valence-corrected chi connectivity index (χ4v) is 3.50. The van der Waals surface area contributed by atoms with E-state index in [1.165, 1.54) is 22.0 Å². The molecule has 1 atom stereocenters. The number of aryl methyl sites for hydroxylation is 1. The molecule has 26 heavy (non-hydrogen) atoms. The highest BCUT2D eigenvalue weighted by Crippen LogP contribution is 2.34. The van der Waals surface area contributed by atoms with E-state index in [9.17, 15) is 4.79 Å². The lowest BCUT2D eigenvalue weighted by atomic mass is 9.88. The average molecular weight is 348 g/mol. The zero-order chi connectivity index (χ0) is 18.5. The SMILES string of the molecule is CC(C)CCNC(=O)CC(c1ccccc1)c1cn(C)c2ccccc12. The Morgan fingerprint density at radius 3 is 2.46 bits per heavy atom. The summed E-state index contributed by atoms with van der Waals surface area (Å²) < 4.78 is 2.15. The number of amides is 1. The molecular weight excluding hydrogens is 320 g/mol. The summed E-state index contributed by atoms with van der Waals surface area (Å²) in [7, 11) is 2.07. The van der Waals surface area contributed by atoms with Gasteiger partial charge in [0, 0.05) is 43.0 Å². The number of fused-ring (bicyclic) bond motifs is 1. The van der Waals surface area contributed by atoms with Crippen molar-refractivity contribution in [1.82, 2.24) is 9.88 Å². The quantitative estimate of drug-likeness (QED) is 0.650. The number of benzene rings is 2. The summed E-state index contributed by atoms with van der Waals surface area (Å²) in [6.07, 6.45) is 3.65. The standard InChI is InChI=1S/C23H28N2O/c1-17(2)13-14-24-23(26)15-20(18-9-5-4-6-10-18)21-16-25(3)22-12-8-7-11-19(21)22/h4-12,16-17,20H,13-15H2,1-3H3,(H,24,26). The van der Waals surface area contributed by atoms with Gasteiger partial charge in [-0.15, -0.1) is 0 Å². The summed E-state index contributed by atoms with van der Waals surface area (Å²) in [5.41, 5.74) is 3.60. The van der Waals surface area contributed by atoms with Crippen LogP contribution in [0.2, 0.25) is 0 Å². The molecule has 1 heterocycles. The summed E-state index contributed by atoms with van der Waals surface area (Å²) >= 11 is 0. The first kappa shape index (κ1) is 18.2. The molecule has 3 heteroatoms. The van der Waals surface area contributed by atoms with Gasteiger partial charge in [-0.1, -0.05) is 62.4 Å². The minimum atomic E-state index is 0.0568. The Hall–Kier alpha value is -2.55. The van der Waals surface area contributed by atoms with Crippen LogP contribution in [-0.4, -0.2) is 17.0 Å². The van der Waals surface area contributed by atoms with Gasteiger partial charge >= 0.3 is 0 Å². The van der Waals surface area contributed by atoms with E-state index in [0.717, 1.165) is 13.0 Å². The van der Waals surface area contributed by atoms with Gasteiger partial charge in [-0.3, -0.25) is 4.79 Å². The summed E-state index contributed by atoms with van der Waals surface area (Å²) in [6, 6.07) is 18.8. The maximum absolute atomic E-state index is 12.6. The highest BCUT2D eigenvalue weighted by molar-refractivity contribution is 5.86. The van der Waals surface area contributed by atoms with Crippen LogP contribution in [0.1, 0.15) is 43.7 Å². The van der Waals surface area contributed by atoms with Crippen LogP contribution >= 0.6 is 0 Å². The van der Waals surface area contributed by atoms with Crippen molar-refractivity contribution in [3.63, 3.8) is 0 Å². The Kier molecular flexibility index (Phi) is 5.77. The van der Waals surface area contributed by atoms with E-state index in [-0.39, 0.29) is 11.8 Å². The van der Waals surface area contributed by atoms with Crippen LogP contribution in [0.15, 0.2) is 60.8 Å². The van der Waals surface area contributed by atoms with Gasteiger partial charge in [0.05, 0.1) is 0 Å². The van der Waals surface area contributed by atoms with Crippen LogP contribution in [0, 0.1) is 5.92 Å². The van der Waals surface area contributed by atoms with Gasteiger partial charge in [-0.25, -0.2) is 0 Å². The molecule has 1 aromatic heterocycles. The van der Waals surface area contributed by atoms with E-state index in [1.807, 2.05) is 18.2 Å². The lowest BCUT2D eigenvalue weighted by Crippen LogP contribution is -2.27. The molecule has 0 aliphatic carbocycles. The highest BCUT2D eigenvalue weighted by atomic mass is 16.1. The van der Waals surface area contributed by atoms with Crippen LogP contribution in [0.3, 0.4) is 0 Å². The van der Waals surface area contributed by atoms with E-state index >= 15 is 0 Å². The molecule has 3 nitrogen and oxygen atoms in total. The molecule has 2 aromatic carbocycles. The molecule has 3 rings (SSSR count). The molecule has 0 saturated heterocycles. The van der Waals surface area contributed by atoms with Crippen molar-refractivity contribution in [2.24, 2.45) is 13.0 Å². The van der Waals surface area contributed by atoms with Crippen molar-refractivity contribution in [1.29, 1.82) is 0 Å². The van der Waals surface area contributed by atoms with Gasteiger partial charge in [0.15, 0.2) is 0 Å². The molecular formula is C23H28N2O. The number of hydrogen-bond acceptors (Lipinski definition) is 1. The zero-order valence-electron chi connectivity index (χ0n) is 15.9. The first-order valence-corrected chi connectivity index (χ1v) is 9.42. The summed E-state index contributed by atoms with van der Waals surface area (Å²) in [4.78, 5) is 12.6. The molecule has 0 saturated carbocycles. The Balaban J connectivity index is 1.90. The third-order valence-electron chi connectivity index (χ3n) is 4.94. The second kappa shape index (κ2) is 8.22. The van der Waals surface area contributed by atoms with Gasteiger partial charge in [-0.05, 0) is 29.5 Å². The molecule has 1 amide bonds. The molecule has 136 valence electrons. The van der Waals surface area contributed by atoms with Crippen molar-refractivity contribution in [2.45, 2.75) is 32.6 Å². The first-order chi connectivity index (χ1) is 12.6. The minimum Gasteiger partial charge on any atom is -0.356 e. The summed E-state index contributed by atoms with van der Waals surface area (Å²) in [5.74, 6) is 0.770. The molecule has 0 aliphatic heterocycles. The van der Waals surface area contributed by atoms with E-state index in [1.54, 1.807) is 0 Å².